The van der Waals surface area contributed by atoms with Crippen LogP contribution in [0.25, 0.3) is 0 Å². The fourth-order valence-electron chi connectivity index (χ4n) is 3.40. The van der Waals surface area contributed by atoms with Crippen molar-refractivity contribution >= 4 is 0 Å². The van der Waals surface area contributed by atoms with Gasteiger partial charge in [0.1, 0.15) is 5.75 Å². The first kappa shape index (κ1) is 15.3. The molecule has 0 aromatic heterocycles. The van der Waals surface area contributed by atoms with Crippen LogP contribution in [0, 0.1) is 13.8 Å². The van der Waals surface area contributed by atoms with Gasteiger partial charge in [0.25, 0.3) is 0 Å². The summed E-state index contributed by atoms with van der Waals surface area (Å²) in [6.45, 7) is 4.19. The summed E-state index contributed by atoms with van der Waals surface area (Å²) in [5.41, 5.74) is 9.83. The fraction of sp³-hybridized carbons (Fsp3) is 0.647. The maximum Gasteiger partial charge on any atom is 0.126 e. The molecule has 1 unspecified atom stereocenters. The molecular formula is C17H27NO2. The molecule has 0 bridgehead atoms. The third kappa shape index (κ3) is 2.57. The van der Waals surface area contributed by atoms with E-state index in [0.717, 1.165) is 24.2 Å². The van der Waals surface area contributed by atoms with E-state index in [1.54, 1.807) is 14.2 Å². The van der Waals surface area contributed by atoms with E-state index in [-0.39, 0.29) is 11.6 Å². The minimum Gasteiger partial charge on any atom is -0.496 e. The van der Waals surface area contributed by atoms with E-state index in [9.17, 15) is 0 Å². The first-order valence-electron chi connectivity index (χ1n) is 7.50. The molecule has 1 atom stereocenters. The van der Waals surface area contributed by atoms with Crippen molar-refractivity contribution in [1.82, 2.24) is 0 Å². The average molecular weight is 277 g/mol. The highest BCUT2D eigenvalue weighted by Gasteiger charge is 2.40. The Hall–Kier alpha value is -1.06. The summed E-state index contributed by atoms with van der Waals surface area (Å²) in [6.07, 6.45) is 5.72. The van der Waals surface area contributed by atoms with Crippen LogP contribution in [0.3, 0.4) is 0 Å². The van der Waals surface area contributed by atoms with E-state index in [0.29, 0.717) is 0 Å². The molecular weight excluding hydrogens is 250 g/mol. The molecule has 1 fully saturated rings. The Morgan fingerprint density at radius 1 is 1.10 bits per heavy atom. The van der Waals surface area contributed by atoms with Crippen molar-refractivity contribution in [3.63, 3.8) is 0 Å². The number of aryl methyl sites for hydroxylation is 1. The van der Waals surface area contributed by atoms with E-state index in [4.69, 9.17) is 15.2 Å². The van der Waals surface area contributed by atoms with Gasteiger partial charge in [0.2, 0.25) is 0 Å². The van der Waals surface area contributed by atoms with Gasteiger partial charge in [0.05, 0.1) is 18.8 Å². The van der Waals surface area contributed by atoms with Crippen LogP contribution in [0.1, 0.15) is 54.8 Å². The molecule has 1 aromatic carbocycles. The van der Waals surface area contributed by atoms with Crippen LogP contribution in [-0.2, 0) is 4.74 Å². The predicted molar refractivity (Wildman–Crippen MR) is 82.2 cm³/mol. The zero-order valence-corrected chi connectivity index (χ0v) is 13.2. The molecule has 1 aromatic rings. The van der Waals surface area contributed by atoms with Crippen LogP contribution in [0.15, 0.2) is 12.1 Å². The highest BCUT2D eigenvalue weighted by Crippen LogP contribution is 2.43. The largest absolute Gasteiger partial charge is 0.496 e. The molecule has 112 valence electrons. The summed E-state index contributed by atoms with van der Waals surface area (Å²) >= 11 is 0. The molecule has 0 saturated heterocycles. The van der Waals surface area contributed by atoms with Crippen molar-refractivity contribution in [2.45, 2.75) is 57.6 Å². The summed E-state index contributed by atoms with van der Waals surface area (Å²) in [4.78, 5) is 0. The molecule has 1 aliphatic carbocycles. The molecule has 20 heavy (non-hydrogen) atoms. The van der Waals surface area contributed by atoms with Gasteiger partial charge in [-0.25, -0.2) is 0 Å². The molecule has 0 amide bonds. The van der Waals surface area contributed by atoms with Crippen LogP contribution >= 0.6 is 0 Å². The van der Waals surface area contributed by atoms with E-state index < -0.39 is 0 Å². The SMILES string of the molecule is COc1c(C(N)C2(OC)CCCCC2)ccc(C)c1C. The van der Waals surface area contributed by atoms with Gasteiger partial charge in [-0.15, -0.1) is 0 Å². The Bertz CT molecular complexity index is 464. The second-order valence-electron chi connectivity index (χ2n) is 5.94. The third-order valence-corrected chi connectivity index (χ3v) is 4.92. The smallest absolute Gasteiger partial charge is 0.126 e. The Morgan fingerprint density at radius 3 is 2.30 bits per heavy atom. The lowest BCUT2D eigenvalue weighted by Crippen LogP contribution is -2.44. The first-order chi connectivity index (χ1) is 9.55. The zero-order chi connectivity index (χ0) is 14.8. The zero-order valence-electron chi connectivity index (χ0n) is 13.2. The Kier molecular flexibility index (Phi) is 4.71. The lowest BCUT2D eigenvalue weighted by Gasteiger charge is -2.41. The quantitative estimate of drug-likeness (QED) is 0.913. The molecule has 1 aliphatic rings. The Balaban J connectivity index is 2.41. The maximum atomic E-state index is 6.61. The van der Waals surface area contributed by atoms with Gasteiger partial charge in [-0.2, -0.15) is 0 Å². The summed E-state index contributed by atoms with van der Waals surface area (Å²) < 4.78 is 11.5. The molecule has 1 saturated carbocycles. The number of nitrogens with two attached hydrogens (primary N) is 1. The maximum absolute atomic E-state index is 6.61. The van der Waals surface area contributed by atoms with Crippen molar-refractivity contribution < 1.29 is 9.47 Å². The van der Waals surface area contributed by atoms with Crippen LogP contribution in [0.4, 0.5) is 0 Å². The van der Waals surface area contributed by atoms with Gasteiger partial charge in [-0.1, -0.05) is 31.4 Å². The van der Waals surface area contributed by atoms with E-state index >= 15 is 0 Å². The second kappa shape index (κ2) is 6.15. The summed E-state index contributed by atoms with van der Waals surface area (Å²) in [6, 6.07) is 4.09. The standard InChI is InChI=1S/C17H27NO2/c1-12-8-9-14(15(19-3)13(12)2)16(18)17(20-4)10-6-5-7-11-17/h8-9,16H,5-7,10-11,18H2,1-4H3. The lowest BCUT2D eigenvalue weighted by atomic mass is 9.76. The third-order valence-electron chi connectivity index (χ3n) is 4.92. The van der Waals surface area contributed by atoms with Gasteiger partial charge in [0, 0.05) is 12.7 Å². The van der Waals surface area contributed by atoms with Crippen molar-refractivity contribution in [3.05, 3.63) is 28.8 Å². The molecule has 0 heterocycles. The van der Waals surface area contributed by atoms with Crippen LogP contribution in [0.5, 0.6) is 5.75 Å². The minimum atomic E-state index is -0.243. The Morgan fingerprint density at radius 2 is 1.75 bits per heavy atom. The van der Waals surface area contributed by atoms with Crippen LogP contribution < -0.4 is 10.5 Å². The summed E-state index contributed by atoms with van der Waals surface area (Å²) in [5.74, 6) is 0.916. The lowest BCUT2D eigenvalue weighted by molar-refractivity contribution is -0.0599. The van der Waals surface area contributed by atoms with Gasteiger partial charge in [0.15, 0.2) is 0 Å². The molecule has 2 N–H and O–H groups in total. The number of ether oxygens (including phenoxy) is 2. The molecule has 0 spiro atoms. The van der Waals surface area contributed by atoms with Gasteiger partial charge in [-0.3, -0.25) is 0 Å². The van der Waals surface area contributed by atoms with Gasteiger partial charge >= 0.3 is 0 Å². The van der Waals surface area contributed by atoms with E-state index in [2.05, 4.69) is 26.0 Å². The summed E-state index contributed by atoms with van der Waals surface area (Å²) in [5, 5.41) is 0. The normalized spacial score (nSPS) is 19.6. The summed E-state index contributed by atoms with van der Waals surface area (Å²) in [7, 11) is 3.51. The van der Waals surface area contributed by atoms with Crippen molar-refractivity contribution in [3.8, 4) is 5.75 Å². The molecule has 2 rings (SSSR count). The van der Waals surface area contributed by atoms with Gasteiger partial charge < -0.3 is 15.2 Å². The second-order valence-corrected chi connectivity index (χ2v) is 5.94. The fourth-order valence-corrected chi connectivity index (χ4v) is 3.40. The number of hydrogen-bond acceptors (Lipinski definition) is 3. The molecule has 3 nitrogen and oxygen atoms in total. The van der Waals surface area contributed by atoms with E-state index in [1.165, 1.54) is 30.4 Å². The number of methoxy groups -OCH3 is 2. The monoisotopic (exact) mass is 277 g/mol. The van der Waals surface area contributed by atoms with Gasteiger partial charge in [-0.05, 0) is 37.8 Å². The van der Waals surface area contributed by atoms with Crippen LogP contribution in [0.2, 0.25) is 0 Å². The van der Waals surface area contributed by atoms with E-state index in [1.807, 2.05) is 0 Å². The topological polar surface area (TPSA) is 44.5 Å². The van der Waals surface area contributed by atoms with Crippen molar-refractivity contribution in [2.24, 2.45) is 5.73 Å². The number of hydrogen-bond donors (Lipinski definition) is 1. The number of benzene rings is 1. The predicted octanol–water partition coefficient (Wildman–Crippen LogP) is 3.66. The number of rotatable bonds is 4. The van der Waals surface area contributed by atoms with Crippen molar-refractivity contribution in [1.29, 1.82) is 0 Å². The molecule has 0 aliphatic heterocycles. The highest BCUT2D eigenvalue weighted by molar-refractivity contribution is 5.47. The molecule has 3 heteroatoms. The first-order valence-corrected chi connectivity index (χ1v) is 7.50. The minimum absolute atomic E-state index is 0.137. The molecule has 0 radical (unpaired) electrons. The average Bonchev–Trinajstić information content (AvgIpc) is 2.49. The van der Waals surface area contributed by atoms with Crippen molar-refractivity contribution in [2.75, 3.05) is 14.2 Å². The Labute approximate surface area is 122 Å². The highest BCUT2D eigenvalue weighted by atomic mass is 16.5. The van der Waals surface area contributed by atoms with Crippen LogP contribution in [-0.4, -0.2) is 19.8 Å².